The highest BCUT2D eigenvalue weighted by molar-refractivity contribution is 4.98. The van der Waals surface area contributed by atoms with Crippen LogP contribution in [0.25, 0.3) is 0 Å². The Kier molecular flexibility index (Phi) is 3.41. The van der Waals surface area contributed by atoms with Crippen molar-refractivity contribution in [1.29, 1.82) is 0 Å². The van der Waals surface area contributed by atoms with Crippen molar-refractivity contribution in [2.45, 2.75) is 25.9 Å². The highest BCUT2D eigenvalue weighted by atomic mass is 16.3. The van der Waals surface area contributed by atoms with Gasteiger partial charge in [-0.05, 0) is 25.8 Å². The zero-order valence-corrected chi connectivity index (χ0v) is 6.93. The molecule has 1 fully saturated rings. The van der Waals surface area contributed by atoms with Crippen LogP contribution in [0.15, 0.2) is 0 Å². The molecule has 0 saturated carbocycles. The largest absolute Gasteiger partial charge is 0.392 e. The number of hydrogen-bond donors (Lipinski definition) is 2. The van der Waals surface area contributed by atoms with E-state index in [1.165, 1.54) is 0 Å². The van der Waals surface area contributed by atoms with Gasteiger partial charge in [-0.15, -0.1) is 11.8 Å². The monoisotopic (exact) mass is 153 g/mol. The lowest BCUT2D eigenvalue weighted by Crippen LogP contribution is -2.22. The molecule has 0 amide bonds. The molecular weight excluding hydrogens is 138 g/mol. The second-order valence-electron chi connectivity index (χ2n) is 2.95. The van der Waals surface area contributed by atoms with E-state index in [4.69, 9.17) is 0 Å². The predicted molar refractivity (Wildman–Crippen MR) is 45.1 cm³/mol. The average Bonchev–Trinajstić information content (AvgIpc) is 2.52. The summed E-state index contributed by atoms with van der Waals surface area (Å²) in [6.45, 7) is 3.80. The molecule has 0 aromatic rings. The topological polar surface area (TPSA) is 32.3 Å². The fourth-order valence-corrected chi connectivity index (χ4v) is 1.38. The number of rotatable bonds is 2. The van der Waals surface area contributed by atoms with E-state index in [-0.39, 0.29) is 6.10 Å². The van der Waals surface area contributed by atoms with Gasteiger partial charge >= 0.3 is 0 Å². The fourth-order valence-electron chi connectivity index (χ4n) is 1.38. The summed E-state index contributed by atoms with van der Waals surface area (Å²) in [5.74, 6) is 6.12. The Balaban J connectivity index is 2.26. The first-order chi connectivity index (χ1) is 5.34. The first-order valence-electron chi connectivity index (χ1n) is 4.13. The van der Waals surface area contributed by atoms with Crippen LogP contribution in [-0.2, 0) is 0 Å². The summed E-state index contributed by atoms with van der Waals surface area (Å²) in [6, 6.07) is 0. The summed E-state index contributed by atoms with van der Waals surface area (Å²) in [5.41, 5.74) is 0. The van der Waals surface area contributed by atoms with E-state index in [0.717, 1.165) is 19.5 Å². The molecule has 0 aromatic heterocycles. The van der Waals surface area contributed by atoms with Gasteiger partial charge in [0.25, 0.3) is 0 Å². The second-order valence-corrected chi connectivity index (χ2v) is 2.95. The van der Waals surface area contributed by atoms with E-state index < -0.39 is 0 Å². The third kappa shape index (κ3) is 2.53. The molecule has 1 rings (SSSR count). The number of hydrogen-bond acceptors (Lipinski definition) is 2. The summed E-state index contributed by atoms with van der Waals surface area (Å²) in [6.07, 6.45) is 1.49. The van der Waals surface area contributed by atoms with Crippen molar-refractivity contribution in [2.75, 3.05) is 13.1 Å². The van der Waals surface area contributed by atoms with Crippen LogP contribution in [0.3, 0.4) is 0 Å². The van der Waals surface area contributed by atoms with Crippen LogP contribution in [-0.4, -0.2) is 24.3 Å². The lowest BCUT2D eigenvalue weighted by molar-refractivity contribution is 0.122. The maximum absolute atomic E-state index is 9.54. The molecule has 1 unspecified atom stereocenters. The molecule has 2 N–H and O–H groups in total. The van der Waals surface area contributed by atoms with Crippen molar-refractivity contribution in [3.8, 4) is 11.8 Å². The third-order valence-corrected chi connectivity index (χ3v) is 2.13. The van der Waals surface area contributed by atoms with Crippen molar-refractivity contribution in [2.24, 2.45) is 5.92 Å². The van der Waals surface area contributed by atoms with E-state index in [1.54, 1.807) is 6.92 Å². The molecule has 62 valence electrons. The van der Waals surface area contributed by atoms with Crippen molar-refractivity contribution in [3.05, 3.63) is 0 Å². The SMILES string of the molecule is CC#CCC(O)[C@@H]1CCNC1. The van der Waals surface area contributed by atoms with E-state index in [2.05, 4.69) is 17.2 Å². The lowest BCUT2D eigenvalue weighted by Gasteiger charge is -2.13. The Morgan fingerprint density at radius 2 is 2.55 bits per heavy atom. The molecule has 1 heterocycles. The van der Waals surface area contributed by atoms with E-state index in [1.807, 2.05) is 0 Å². The average molecular weight is 153 g/mol. The van der Waals surface area contributed by atoms with Gasteiger partial charge in [-0.25, -0.2) is 0 Å². The zero-order chi connectivity index (χ0) is 8.10. The quantitative estimate of drug-likeness (QED) is 0.562. The first-order valence-corrected chi connectivity index (χ1v) is 4.13. The van der Waals surface area contributed by atoms with E-state index in [0.29, 0.717) is 12.3 Å². The minimum absolute atomic E-state index is 0.225. The first kappa shape index (κ1) is 8.58. The zero-order valence-electron chi connectivity index (χ0n) is 6.93. The van der Waals surface area contributed by atoms with Gasteiger partial charge in [0.2, 0.25) is 0 Å². The molecule has 2 heteroatoms. The Morgan fingerprint density at radius 1 is 1.73 bits per heavy atom. The summed E-state index contributed by atoms with van der Waals surface area (Å²) >= 11 is 0. The van der Waals surface area contributed by atoms with Crippen LogP contribution in [0, 0.1) is 17.8 Å². The van der Waals surface area contributed by atoms with Gasteiger partial charge in [0, 0.05) is 13.0 Å². The summed E-state index contributed by atoms with van der Waals surface area (Å²) < 4.78 is 0. The molecule has 0 spiro atoms. The molecule has 1 saturated heterocycles. The summed E-state index contributed by atoms with van der Waals surface area (Å²) in [5, 5.41) is 12.8. The highest BCUT2D eigenvalue weighted by Gasteiger charge is 2.21. The molecule has 11 heavy (non-hydrogen) atoms. The third-order valence-electron chi connectivity index (χ3n) is 2.13. The van der Waals surface area contributed by atoms with Gasteiger partial charge < -0.3 is 10.4 Å². The van der Waals surface area contributed by atoms with Crippen LogP contribution in [0.5, 0.6) is 0 Å². The lowest BCUT2D eigenvalue weighted by atomic mass is 9.99. The molecule has 1 aliphatic heterocycles. The van der Waals surface area contributed by atoms with Crippen LogP contribution >= 0.6 is 0 Å². The van der Waals surface area contributed by atoms with Crippen molar-refractivity contribution in [3.63, 3.8) is 0 Å². The molecule has 0 bridgehead atoms. The Labute approximate surface area is 68.0 Å². The van der Waals surface area contributed by atoms with Crippen LogP contribution in [0.1, 0.15) is 19.8 Å². The molecule has 2 atom stereocenters. The van der Waals surface area contributed by atoms with Crippen LogP contribution in [0.4, 0.5) is 0 Å². The maximum Gasteiger partial charge on any atom is 0.0690 e. The Morgan fingerprint density at radius 3 is 3.09 bits per heavy atom. The van der Waals surface area contributed by atoms with Gasteiger partial charge in [-0.1, -0.05) is 0 Å². The molecule has 0 aliphatic carbocycles. The van der Waals surface area contributed by atoms with Gasteiger partial charge in [0.15, 0.2) is 0 Å². The summed E-state index contributed by atoms with van der Waals surface area (Å²) in [4.78, 5) is 0. The Bertz CT molecular complexity index is 162. The van der Waals surface area contributed by atoms with E-state index in [9.17, 15) is 5.11 Å². The van der Waals surface area contributed by atoms with Gasteiger partial charge in [0.1, 0.15) is 0 Å². The minimum atomic E-state index is -0.225. The maximum atomic E-state index is 9.54. The Hall–Kier alpha value is -0.520. The highest BCUT2D eigenvalue weighted by Crippen LogP contribution is 2.14. The molecule has 2 nitrogen and oxygen atoms in total. The van der Waals surface area contributed by atoms with Crippen LogP contribution < -0.4 is 5.32 Å². The van der Waals surface area contributed by atoms with Crippen LogP contribution in [0.2, 0.25) is 0 Å². The number of nitrogens with one attached hydrogen (secondary N) is 1. The molecule has 0 radical (unpaired) electrons. The van der Waals surface area contributed by atoms with Crippen molar-refractivity contribution in [1.82, 2.24) is 5.32 Å². The smallest absolute Gasteiger partial charge is 0.0690 e. The normalized spacial score (nSPS) is 25.8. The van der Waals surface area contributed by atoms with Gasteiger partial charge in [-0.2, -0.15) is 0 Å². The molecule has 0 aromatic carbocycles. The second kappa shape index (κ2) is 4.38. The molecular formula is C9H15NO. The van der Waals surface area contributed by atoms with Gasteiger partial charge in [-0.3, -0.25) is 0 Å². The van der Waals surface area contributed by atoms with Crippen molar-refractivity contribution < 1.29 is 5.11 Å². The predicted octanol–water partition coefficient (Wildman–Crippen LogP) is 0.370. The standard InChI is InChI=1S/C9H15NO/c1-2-3-4-9(11)8-5-6-10-7-8/h8-11H,4-7H2,1H3/t8-,9?/m1/s1. The minimum Gasteiger partial charge on any atom is -0.392 e. The van der Waals surface area contributed by atoms with E-state index >= 15 is 0 Å². The van der Waals surface area contributed by atoms with Gasteiger partial charge in [0.05, 0.1) is 6.10 Å². The molecule has 1 aliphatic rings. The number of aliphatic hydroxyl groups is 1. The fraction of sp³-hybridized carbons (Fsp3) is 0.778. The van der Waals surface area contributed by atoms with Crippen molar-refractivity contribution >= 4 is 0 Å². The number of aliphatic hydroxyl groups excluding tert-OH is 1. The summed E-state index contributed by atoms with van der Waals surface area (Å²) in [7, 11) is 0.